The Morgan fingerprint density at radius 1 is 1.39 bits per heavy atom. The van der Waals surface area contributed by atoms with Crippen molar-refractivity contribution in [1.29, 1.82) is 5.26 Å². The summed E-state index contributed by atoms with van der Waals surface area (Å²) in [6, 6.07) is 7.04. The van der Waals surface area contributed by atoms with Gasteiger partial charge in [0, 0.05) is 12.6 Å². The Labute approximate surface area is 108 Å². The van der Waals surface area contributed by atoms with Crippen LogP contribution in [0.15, 0.2) is 18.2 Å². The molecule has 1 N–H and O–H groups in total. The van der Waals surface area contributed by atoms with E-state index in [1.54, 1.807) is 6.07 Å². The normalized spacial score (nSPS) is 23.6. The van der Waals surface area contributed by atoms with Crippen molar-refractivity contribution in [1.82, 2.24) is 5.32 Å². The molecular weight excluding hydrogens is 227 g/mol. The Bertz CT molecular complexity index is 450. The van der Waals surface area contributed by atoms with E-state index in [1.807, 2.05) is 6.07 Å². The average Bonchev–Trinajstić information content (AvgIpc) is 2.36. The molecule has 2 nitrogen and oxygen atoms in total. The Hall–Kier alpha value is -1.40. The third-order valence-corrected chi connectivity index (χ3v) is 3.62. The molecule has 1 aliphatic rings. The second kappa shape index (κ2) is 5.97. The Kier molecular flexibility index (Phi) is 4.33. The highest BCUT2D eigenvalue weighted by Gasteiger charge is 2.18. The molecule has 0 bridgehead atoms. The first-order chi connectivity index (χ1) is 8.67. The number of nitrogens with one attached hydrogen (secondary N) is 1. The van der Waals surface area contributed by atoms with Crippen LogP contribution in [0, 0.1) is 23.1 Å². The van der Waals surface area contributed by atoms with E-state index in [9.17, 15) is 4.39 Å². The van der Waals surface area contributed by atoms with Gasteiger partial charge in [0.05, 0.1) is 11.6 Å². The second-order valence-electron chi connectivity index (χ2n) is 5.31. The minimum absolute atomic E-state index is 0.331. The summed E-state index contributed by atoms with van der Waals surface area (Å²) >= 11 is 0. The average molecular weight is 246 g/mol. The van der Waals surface area contributed by atoms with Gasteiger partial charge in [-0.15, -0.1) is 0 Å². The van der Waals surface area contributed by atoms with Crippen molar-refractivity contribution in [3.63, 3.8) is 0 Å². The Balaban J connectivity index is 1.93. The number of hydrogen-bond acceptors (Lipinski definition) is 2. The molecule has 0 heterocycles. The highest BCUT2D eigenvalue weighted by Crippen LogP contribution is 2.23. The monoisotopic (exact) mass is 246 g/mol. The first-order valence-electron chi connectivity index (χ1n) is 6.60. The van der Waals surface area contributed by atoms with Crippen LogP contribution in [0.5, 0.6) is 0 Å². The van der Waals surface area contributed by atoms with E-state index in [4.69, 9.17) is 5.26 Å². The highest BCUT2D eigenvalue weighted by atomic mass is 19.1. The molecule has 0 spiro atoms. The fourth-order valence-electron chi connectivity index (χ4n) is 2.70. The van der Waals surface area contributed by atoms with Gasteiger partial charge in [0.15, 0.2) is 0 Å². The van der Waals surface area contributed by atoms with Crippen LogP contribution in [-0.4, -0.2) is 6.04 Å². The smallest absolute Gasteiger partial charge is 0.124 e. The lowest BCUT2D eigenvalue weighted by atomic mass is 9.87. The van der Waals surface area contributed by atoms with Gasteiger partial charge in [-0.05, 0) is 42.5 Å². The zero-order chi connectivity index (χ0) is 13.0. The van der Waals surface area contributed by atoms with E-state index in [0.717, 1.165) is 11.5 Å². The first kappa shape index (κ1) is 13.0. The van der Waals surface area contributed by atoms with Crippen molar-refractivity contribution < 1.29 is 4.39 Å². The molecule has 0 aliphatic heterocycles. The van der Waals surface area contributed by atoms with Crippen molar-refractivity contribution >= 4 is 0 Å². The molecule has 0 aromatic heterocycles. The molecule has 1 aromatic carbocycles. The minimum atomic E-state index is -0.331. The van der Waals surface area contributed by atoms with Gasteiger partial charge < -0.3 is 5.32 Å². The maximum atomic E-state index is 13.3. The van der Waals surface area contributed by atoms with Crippen LogP contribution < -0.4 is 5.32 Å². The van der Waals surface area contributed by atoms with E-state index in [2.05, 4.69) is 12.2 Å². The molecule has 2 atom stereocenters. The maximum absolute atomic E-state index is 13.3. The van der Waals surface area contributed by atoms with Crippen molar-refractivity contribution in [2.24, 2.45) is 5.92 Å². The van der Waals surface area contributed by atoms with Crippen molar-refractivity contribution in [3.8, 4) is 6.07 Å². The predicted molar refractivity (Wildman–Crippen MR) is 69.4 cm³/mol. The highest BCUT2D eigenvalue weighted by molar-refractivity contribution is 5.33. The molecule has 18 heavy (non-hydrogen) atoms. The molecule has 0 amide bonds. The number of benzene rings is 1. The van der Waals surface area contributed by atoms with Gasteiger partial charge in [0.25, 0.3) is 0 Å². The summed E-state index contributed by atoms with van der Waals surface area (Å²) in [6.45, 7) is 2.92. The first-order valence-corrected chi connectivity index (χ1v) is 6.60. The lowest BCUT2D eigenvalue weighted by molar-refractivity contribution is 0.300. The summed E-state index contributed by atoms with van der Waals surface area (Å²) in [5.74, 6) is 0.446. The van der Waals surface area contributed by atoms with Crippen LogP contribution in [0.1, 0.15) is 43.7 Å². The maximum Gasteiger partial charge on any atom is 0.124 e. The van der Waals surface area contributed by atoms with Gasteiger partial charge in [-0.2, -0.15) is 5.26 Å². The fourth-order valence-corrected chi connectivity index (χ4v) is 2.70. The lowest BCUT2D eigenvalue weighted by Gasteiger charge is -2.27. The molecule has 2 unspecified atom stereocenters. The summed E-state index contributed by atoms with van der Waals surface area (Å²) < 4.78 is 13.3. The van der Waals surface area contributed by atoms with Crippen LogP contribution >= 0.6 is 0 Å². The quantitative estimate of drug-likeness (QED) is 0.887. The summed E-state index contributed by atoms with van der Waals surface area (Å²) in [5, 5.41) is 12.3. The van der Waals surface area contributed by atoms with E-state index in [1.165, 1.54) is 37.8 Å². The zero-order valence-corrected chi connectivity index (χ0v) is 10.7. The van der Waals surface area contributed by atoms with Crippen LogP contribution in [0.4, 0.5) is 4.39 Å². The van der Waals surface area contributed by atoms with Crippen molar-refractivity contribution in [3.05, 3.63) is 35.1 Å². The molecular formula is C15H19FN2. The molecule has 1 fully saturated rings. The summed E-state index contributed by atoms with van der Waals surface area (Å²) in [6.07, 6.45) is 4.98. The molecule has 96 valence electrons. The molecule has 1 saturated carbocycles. The third-order valence-electron chi connectivity index (χ3n) is 3.62. The third kappa shape index (κ3) is 3.54. The molecule has 0 radical (unpaired) electrons. The molecule has 3 heteroatoms. The summed E-state index contributed by atoms with van der Waals surface area (Å²) in [5.41, 5.74) is 1.24. The van der Waals surface area contributed by atoms with Gasteiger partial charge in [0.1, 0.15) is 5.82 Å². The lowest BCUT2D eigenvalue weighted by Crippen LogP contribution is -2.33. The SMILES string of the molecule is CC1CCCC(NCc2cc(F)cc(C#N)c2)C1. The van der Waals surface area contributed by atoms with Crippen LogP contribution in [0.3, 0.4) is 0 Å². The minimum Gasteiger partial charge on any atom is -0.310 e. The summed E-state index contributed by atoms with van der Waals surface area (Å²) in [4.78, 5) is 0. The van der Waals surface area contributed by atoms with Gasteiger partial charge in [0.2, 0.25) is 0 Å². The Morgan fingerprint density at radius 3 is 2.94 bits per heavy atom. The second-order valence-corrected chi connectivity index (χ2v) is 5.31. The van der Waals surface area contributed by atoms with Crippen LogP contribution in [0.2, 0.25) is 0 Å². The topological polar surface area (TPSA) is 35.8 Å². The van der Waals surface area contributed by atoms with E-state index in [0.29, 0.717) is 18.2 Å². The van der Waals surface area contributed by atoms with Gasteiger partial charge in [-0.3, -0.25) is 0 Å². The number of halogens is 1. The Morgan fingerprint density at radius 2 is 2.22 bits per heavy atom. The molecule has 1 aromatic rings. The number of nitriles is 1. The predicted octanol–water partition coefficient (Wildman–Crippen LogP) is 3.37. The number of rotatable bonds is 3. The van der Waals surface area contributed by atoms with Gasteiger partial charge >= 0.3 is 0 Å². The van der Waals surface area contributed by atoms with E-state index >= 15 is 0 Å². The van der Waals surface area contributed by atoms with Crippen LogP contribution in [0.25, 0.3) is 0 Å². The van der Waals surface area contributed by atoms with E-state index in [-0.39, 0.29) is 5.82 Å². The largest absolute Gasteiger partial charge is 0.310 e. The van der Waals surface area contributed by atoms with Crippen molar-refractivity contribution in [2.45, 2.75) is 45.2 Å². The van der Waals surface area contributed by atoms with E-state index < -0.39 is 0 Å². The van der Waals surface area contributed by atoms with Gasteiger partial charge in [-0.25, -0.2) is 4.39 Å². The zero-order valence-electron chi connectivity index (χ0n) is 10.7. The molecule has 1 aliphatic carbocycles. The number of nitrogens with zero attached hydrogens (tertiary/aromatic N) is 1. The van der Waals surface area contributed by atoms with Crippen molar-refractivity contribution in [2.75, 3.05) is 0 Å². The summed E-state index contributed by atoms with van der Waals surface area (Å²) in [7, 11) is 0. The van der Waals surface area contributed by atoms with Gasteiger partial charge in [-0.1, -0.05) is 19.8 Å². The standard InChI is InChI=1S/C15H19FN2/c1-11-3-2-4-15(5-11)18-10-13-6-12(9-17)7-14(16)8-13/h6-8,11,15,18H,2-5,10H2,1H3. The fraction of sp³-hybridized carbons (Fsp3) is 0.533. The number of hydrogen-bond donors (Lipinski definition) is 1. The molecule has 2 rings (SSSR count). The van der Waals surface area contributed by atoms with Crippen LogP contribution in [-0.2, 0) is 6.54 Å². The molecule has 0 saturated heterocycles.